The Hall–Kier alpha value is -0.820. The summed E-state index contributed by atoms with van der Waals surface area (Å²) >= 11 is 0. The standard InChI is InChI=1S/C15H25N/c1-10(2)13-6-8-14(9-7-13)12(5)15(16)11(3)4/h6-12,15H,16H2,1-5H3. The lowest BCUT2D eigenvalue weighted by atomic mass is 9.86. The van der Waals surface area contributed by atoms with Gasteiger partial charge in [0.05, 0.1) is 0 Å². The zero-order valence-corrected chi connectivity index (χ0v) is 11.2. The highest BCUT2D eigenvalue weighted by Gasteiger charge is 2.17. The molecular weight excluding hydrogens is 194 g/mol. The third kappa shape index (κ3) is 3.08. The zero-order valence-electron chi connectivity index (χ0n) is 11.2. The van der Waals surface area contributed by atoms with E-state index in [9.17, 15) is 0 Å². The molecule has 0 aliphatic heterocycles. The molecule has 0 bridgehead atoms. The summed E-state index contributed by atoms with van der Waals surface area (Å²) in [5, 5.41) is 0. The quantitative estimate of drug-likeness (QED) is 0.816. The van der Waals surface area contributed by atoms with Crippen LogP contribution in [0.5, 0.6) is 0 Å². The maximum absolute atomic E-state index is 6.19. The van der Waals surface area contributed by atoms with Crippen molar-refractivity contribution in [2.45, 2.75) is 52.5 Å². The fourth-order valence-electron chi connectivity index (χ4n) is 1.98. The lowest BCUT2D eigenvalue weighted by Crippen LogP contribution is -2.32. The number of hydrogen-bond donors (Lipinski definition) is 1. The van der Waals surface area contributed by atoms with Crippen molar-refractivity contribution < 1.29 is 0 Å². The fourth-order valence-corrected chi connectivity index (χ4v) is 1.98. The van der Waals surface area contributed by atoms with E-state index < -0.39 is 0 Å². The van der Waals surface area contributed by atoms with Gasteiger partial charge in [0.1, 0.15) is 0 Å². The Morgan fingerprint density at radius 1 is 0.812 bits per heavy atom. The third-order valence-corrected chi connectivity index (χ3v) is 3.48. The molecular formula is C15H25N. The SMILES string of the molecule is CC(C)c1ccc(C(C)C(N)C(C)C)cc1. The van der Waals surface area contributed by atoms with Crippen molar-refractivity contribution in [3.05, 3.63) is 35.4 Å². The van der Waals surface area contributed by atoms with Crippen LogP contribution in [0.1, 0.15) is 57.6 Å². The summed E-state index contributed by atoms with van der Waals surface area (Å²) in [5.41, 5.74) is 8.94. The summed E-state index contributed by atoms with van der Waals surface area (Å²) in [5.74, 6) is 1.56. The van der Waals surface area contributed by atoms with Gasteiger partial charge >= 0.3 is 0 Å². The van der Waals surface area contributed by atoms with Crippen LogP contribution in [0, 0.1) is 5.92 Å². The van der Waals surface area contributed by atoms with Gasteiger partial charge in [-0.25, -0.2) is 0 Å². The van der Waals surface area contributed by atoms with Gasteiger partial charge in [0.15, 0.2) is 0 Å². The van der Waals surface area contributed by atoms with Gasteiger partial charge in [-0.3, -0.25) is 0 Å². The molecule has 0 saturated heterocycles. The number of rotatable bonds is 4. The smallest absolute Gasteiger partial charge is 0.0128 e. The summed E-state index contributed by atoms with van der Waals surface area (Å²) < 4.78 is 0. The van der Waals surface area contributed by atoms with Gasteiger partial charge in [-0.15, -0.1) is 0 Å². The predicted octanol–water partition coefficient (Wildman–Crippen LogP) is 3.90. The first-order chi connectivity index (χ1) is 7.43. The van der Waals surface area contributed by atoms with Crippen LogP contribution in [0.4, 0.5) is 0 Å². The van der Waals surface area contributed by atoms with Crippen molar-refractivity contribution >= 4 is 0 Å². The van der Waals surface area contributed by atoms with E-state index in [2.05, 4.69) is 58.9 Å². The summed E-state index contributed by atoms with van der Waals surface area (Å²) in [6, 6.07) is 9.14. The normalized spacial score (nSPS) is 15.5. The zero-order chi connectivity index (χ0) is 12.3. The van der Waals surface area contributed by atoms with Crippen molar-refractivity contribution in [2.24, 2.45) is 11.7 Å². The highest BCUT2D eigenvalue weighted by atomic mass is 14.7. The molecule has 0 aromatic heterocycles. The minimum absolute atomic E-state index is 0.241. The molecule has 0 fully saturated rings. The molecule has 2 N–H and O–H groups in total. The Labute approximate surface area is 100 Å². The predicted molar refractivity (Wildman–Crippen MR) is 71.8 cm³/mol. The van der Waals surface area contributed by atoms with Crippen LogP contribution in [0.2, 0.25) is 0 Å². The van der Waals surface area contributed by atoms with E-state index in [4.69, 9.17) is 5.73 Å². The molecule has 1 aromatic rings. The molecule has 1 nitrogen and oxygen atoms in total. The molecule has 0 saturated carbocycles. The van der Waals surface area contributed by atoms with Crippen LogP contribution in [-0.2, 0) is 0 Å². The summed E-state index contributed by atoms with van der Waals surface area (Å²) in [6.45, 7) is 11.0. The minimum atomic E-state index is 0.241. The highest BCUT2D eigenvalue weighted by Crippen LogP contribution is 2.24. The molecule has 0 spiro atoms. The first kappa shape index (κ1) is 13.2. The molecule has 2 atom stereocenters. The Balaban J connectivity index is 2.81. The van der Waals surface area contributed by atoms with Crippen molar-refractivity contribution in [1.29, 1.82) is 0 Å². The first-order valence-electron chi connectivity index (χ1n) is 6.29. The number of nitrogens with two attached hydrogens (primary N) is 1. The molecule has 90 valence electrons. The van der Waals surface area contributed by atoms with E-state index in [1.807, 2.05) is 0 Å². The van der Waals surface area contributed by atoms with Crippen molar-refractivity contribution in [3.8, 4) is 0 Å². The first-order valence-corrected chi connectivity index (χ1v) is 6.29. The van der Waals surface area contributed by atoms with Gasteiger partial charge < -0.3 is 5.73 Å². The van der Waals surface area contributed by atoms with Crippen LogP contribution in [-0.4, -0.2) is 6.04 Å². The molecule has 0 heterocycles. The van der Waals surface area contributed by atoms with Crippen LogP contribution >= 0.6 is 0 Å². The maximum Gasteiger partial charge on any atom is 0.0128 e. The van der Waals surface area contributed by atoms with E-state index in [0.29, 0.717) is 17.8 Å². The van der Waals surface area contributed by atoms with Crippen LogP contribution in [0.25, 0.3) is 0 Å². The van der Waals surface area contributed by atoms with E-state index in [1.165, 1.54) is 11.1 Å². The molecule has 0 aliphatic carbocycles. The van der Waals surface area contributed by atoms with Gasteiger partial charge in [-0.1, -0.05) is 58.9 Å². The third-order valence-electron chi connectivity index (χ3n) is 3.48. The van der Waals surface area contributed by atoms with Crippen LogP contribution in [0.3, 0.4) is 0 Å². The second-order valence-electron chi connectivity index (χ2n) is 5.43. The molecule has 1 rings (SSSR count). The number of benzene rings is 1. The van der Waals surface area contributed by atoms with Gasteiger partial charge in [0.25, 0.3) is 0 Å². The largest absolute Gasteiger partial charge is 0.327 e. The molecule has 0 radical (unpaired) electrons. The molecule has 0 aliphatic rings. The Bertz CT molecular complexity index is 311. The average molecular weight is 219 g/mol. The Morgan fingerprint density at radius 3 is 1.62 bits per heavy atom. The molecule has 1 heteroatoms. The minimum Gasteiger partial charge on any atom is -0.327 e. The summed E-state index contributed by atoms with van der Waals surface area (Å²) in [6.07, 6.45) is 0. The Morgan fingerprint density at radius 2 is 1.25 bits per heavy atom. The average Bonchev–Trinajstić information content (AvgIpc) is 2.27. The fraction of sp³-hybridized carbons (Fsp3) is 0.600. The van der Waals surface area contributed by atoms with Gasteiger partial charge in [-0.2, -0.15) is 0 Å². The van der Waals surface area contributed by atoms with Crippen molar-refractivity contribution in [2.75, 3.05) is 0 Å². The van der Waals surface area contributed by atoms with Crippen molar-refractivity contribution in [1.82, 2.24) is 0 Å². The topological polar surface area (TPSA) is 26.0 Å². The van der Waals surface area contributed by atoms with Gasteiger partial charge in [0, 0.05) is 6.04 Å². The highest BCUT2D eigenvalue weighted by molar-refractivity contribution is 5.27. The van der Waals surface area contributed by atoms with Crippen LogP contribution in [0.15, 0.2) is 24.3 Å². The van der Waals surface area contributed by atoms with Gasteiger partial charge in [-0.05, 0) is 28.9 Å². The molecule has 0 amide bonds. The maximum atomic E-state index is 6.19. The second kappa shape index (κ2) is 5.49. The van der Waals surface area contributed by atoms with Gasteiger partial charge in [0.2, 0.25) is 0 Å². The summed E-state index contributed by atoms with van der Waals surface area (Å²) in [4.78, 5) is 0. The van der Waals surface area contributed by atoms with Crippen LogP contribution < -0.4 is 5.73 Å². The van der Waals surface area contributed by atoms with E-state index in [0.717, 1.165) is 0 Å². The van der Waals surface area contributed by atoms with Crippen molar-refractivity contribution in [3.63, 3.8) is 0 Å². The Kier molecular flexibility index (Phi) is 4.55. The second-order valence-corrected chi connectivity index (χ2v) is 5.43. The van der Waals surface area contributed by atoms with E-state index >= 15 is 0 Å². The number of hydrogen-bond acceptors (Lipinski definition) is 1. The lowest BCUT2D eigenvalue weighted by molar-refractivity contribution is 0.434. The summed E-state index contributed by atoms with van der Waals surface area (Å²) in [7, 11) is 0. The lowest BCUT2D eigenvalue weighted by Gasteiger charge is -2.24. The van der Waals surface area contributed by atoms with E-state index in [1.54, 1.807) is 0 Å². The molecule has 16 heavy (non-hydrogen) atoms. The monoisotopic (exact) mass is 219 g/mol. The molecule has 2 unspecified atom stereocenters. The molecule has 1 aromatic carbocycles. The van der Waals surface area contributed by atoms with E-state index in [-0.39, 0.29) is 6.04 Å².